The molecule has 2 heterocycles. The second kappa shape index (κ2) is 8.84. The van der Waals surface area contributed by atoms with E-state index < -0.39 is 0 Å². The van der Waals surface area contributed by atoms with Crippen LogP contribution in [0.2, 0.25) is 0 Å². The Balaban J connectivity index is 1.49. The number of anilines is 2. The lowest BCUT2D eigenvalue weighted by Crippen LogP contribution is -2.23. The third kappa shape index (κ3) is 4.87. The lowest BCUT2D eigenvalue weighted by Gasteiger charge is -2.10. The van der Waals surface area contributed by atoms with Crippen molar-refractivity contribution < 1.29 is 4.79 Å². The van der Waals surface area contributed by atoms with Crippen LogP contribution in [-0.4, -0.2) is 20.9 Å². The van der Waals surface area contributed by atoms with Crippen molar-refractivity contribution in [2.24, 2.45) is 0 Å². The largest absolute Gasteiger partial charge is 0.346 e. The summed E-state index contributed by atoms with van der Waals surface area (Å²) in [6.45, 7) is 4.22. The first-order valence-corrected chi connectivity index (χ1v) is 10.4. The van der Waals surface area contributed by atoms with E-state index in [2.05, 4.69) is 25.6 Å². The zero-order valence-electron chi connectivity index (χ0n) is 16.7. The summed E-state index contributed by atoms with van der Waals surface area (Å²) in [6, 6.07) is 19.2. The Labute approximate surface area is 179 Å². The number of carbonyl (C=O) groups excluding carboxylic acids is 1. The fraction of sp³-hybridized carbons (Fsp3) is 0.130. The molecule has 0 fully saturated rings. The van der Waals surface area contributed by atoms with Crippen molar-refractivity contribution in [2.75, 3.05) is 5.32 Å². The van der Waals surface area contributed by atoms with Gasteiger partial charge in [-0.25, -0.2) is 15.0 Å². The highest BCUT2D eigenvalue weighted by molar-refractivity contribution is 7.09. The molecule has 7 heteroatoms. The van der Waals surface area contributed by atoms with Gasteiger partial charge in [-0.05, 0) is 32.0 Å². The van der Waals surface area contributed by atoms with E-state index in [9.17, 15) is 4.79 Å². The van der Waals surface area contributed by atoms with E-state index in [4.69, 9.17) is 0 Å². The quantitative estimate of drug-likeness (QED) is 0.469. The van der Waals surface area contributed by atoms with E-state index in [1.54, 1.807) is 23.5 Å². The van der Waals surface area contributed by atoms with Crippen LogP contribution in [0.4, 0.5) is 11.5 Å². The number of rotatable bonds is 6. The van der Waals surface area contributed by atoms with Gasteiger partial charge in [-0.15, -0.1) is 11.3 Å². The monoisotopic (exact) mass is 415 g/mol. The maximum Gasteiger partial charge on any atom is 0.251 e. The Morgan fingerprint density at radius 1 is 0.967 bits per heavy atom. The van der Waals surface area contributed by atoms with Gasteiger partial charge in [0.05, 0.1) is 22.9 Å². The van der Waals surface area contributed by atoms with Gasteiger partial charge in [-0.2, -0.15) is 0 Å². The van der Waals surface area contributed by atoms with Gasteiger partial charge in [0.1, 0.15) is 11.6 Å². The molecule has 1 amide bonds. The van der Waals surface area contributed by atoms with Gasteiger partial charge in [0, 0.05) is 28.3 Å². The molecule has 0 saturated carbocycles. The number of aromatic nitrogens is 3. The third-order valence-electron chi connectivity index (χ3n) is 4.40. The number of hydrogen-bond donors (Lipinski definition) is 2. The zero-order valence-corrected chi connectivity index (χ0v) is 17.5. The number of amides is 1. The van der Waals surface area contributed by atoms with Crippen molar-refractivity contribution >= 4 is 28.7 Å². The van der Waals surface area contributed by atoms with E-state index in [-0.39, 0.29) is 5.91 Å². The normalized spacial score (nSPS) is 10.6. The number of hydrogen-bond acceptors (Lipinski definition) is 6. The highest BCUT2D eigenvalue weighted by atomic mass is 32.1. The molecule has 0 spiro atoms. The molecule has 4 aromatic rings. The smallest absolute Gasteiger partial charge is 0.251 e. The van der Waals surface area contributed by atoms with Crippen molar-refractivity contribution in [3.05, 3.63) is 88.1 Å². The van der Waals surface area contributed by atoms with Gasteiger partial charge in [0.25, 0.3) is 5.91 Å². The van der Waals surface area contributed by atoms with Gasteiger partial charge in [-0.3, -0.25) is 4.79 Å². The number of thiazole rings is 1. The SMILES string of the molecule is Cc1nc(Nc2cccc(C(=O)NCc3csc(C)n3)c2)cc(-c2ccccc2)n1. The summed E-state index contributed by atoms with van der Waals surface area (Å²) in [5.74, 6) is 1.20. The van der Waals surface area contributed by atoms with Crippen molar-refractivity contribution in [1.29, 1.82) is 0 Å². The summed E-state index contributed by atoms with van der Waals surface area (Å²) in [5.41, 5.74) is 4.09. The standard InChI is InChI=1S/C23H21N5OS/c1-15-25-21(17-7-4-3-5-8-17)12-22(26-15)28-19-10-6-9-18(11-19)23(29)24-13-20-14-30-16(2)27-20/h3-12,14H,13H2,1-2H3,(H,24,29)(H,25,26,28). The molecule has 0 saturated heterocycles. The summed E-state index contributed by atoms with van der Waals surface area (Å²) in [5, 5.41) is 9.14. The van der Waals surface area contributed by atoms with E-state index in [1.165, 1.54) is 0 Å². The van der Waals surface area contributed by atoms with Crippen LogP contribution < -0.4 is 10.6 Å². The molecule has 0 radical (unpaired) electrons. The molecule has 0 bridgehead atoms. The maximum absolute atomic E-state index is 12.5. The summed E-state index contributed by atoms with van der Waals surface area (Å²) in [7, 11) is 0. The van der Waals surface area contributed by atoms with Gasteiger partial charge < -0.3 is 10.6 Å². The summed E-state index contributed by atoms with van der Waals surface area (Å²) < 4.78 is 0. The second-order valence-electron chi connectivity index (χ2n) is 6.80. The number of aryl methyl sites for hydroxylation is 2. The first-order chi connectivity index (χ1) is 14.6. The molecule has 6 nitrogen and oxygen atoms in total. The Bertz CT molecular complexity index is 1170. The molecule has 0 aliphatic carbocycles. The fourth-order valence-electron chi connectivity index (χ4n) is 3.04. The number of nitrogens with zero attached hydrogens (tertiary/aromatic N) is 3. The fourth-order valence-corrected chi connectivity index (χ4v) is 3.65. The molecule has 30 heavy (non-hydrogen) atoms. The van der Waals surface area contributed by atoms with E-state index >= 15 is 0 Å². The summed E-state index contributed by atoms with van der Waals surface area (Å²) >= 11 is 1.57. The molecule has 2 N–H and O–H groups in total. The Kier molecular flexibility index (Phi) is 5.81. The zero-order chi connectivity index (χ0) is 20.9. The predicted octanol–water partition coefficient (Wildman–Crippen LogP) is 4.89. The van der Waals surface area contributed by atoms with E-state index in [0.717, 1.165) is 27.6 Å². The predicted molar refractivity (Wildman–Crippen MR) is 120 cm³/mol. The van der Waals surface area contributed by atoms with Crippen molar-refractivity contribution in [1.82, 2.24) is 20.3 Å². The molecule has 4 rings (SSSR count). The Morgan fingerprint density at radius 2 is 1.80 bits per heavy atom. The second-order valence-corrected chi connectivity index (χ2v) is 7.86. The Morgan fingerprint density at radius 3 is 2.57 bits per heavy atom. The molecule has 2 aromatic carbocycles. The topological polar surface area (TPSA) is 79.8 Å². The highest BCUT2D eigenvalue weighted by Crippen LogP contribution is 2.22. The Hall–Kier alpha value is -3.58. The van der Waals surface area contributed by atoms with Gasteiger partial charge in [0.15, 0.2) is 0 Å². The van der Waals surface area contributed by atoms with Crippen LogP contribution in [0.25, 0.3) is 11.3 Å². The average Bonchev–Trinajstić information content (AvgIpc) is 3.17. The number of carbonyl (C=O) groups is 1. The van der Waals surface area contributed by atoms with Gasteiger partial charge in [0.2, 0.25) is 0 Å². The van der Waals surface area contributed by atoms with Crippen molar-refractivity contribution in [3.8, 4) is 11.3 Å². The van der Waals surface area contributed by atoms with E-state index in [0.29, 0.717) is 23.8 Å². The maximum atomic E-state index is 12.5. The first-order valence-electron chi connectivity index (χ1n) is 9.54. The molecule has 2 aromatic heterocycles. The van der Waals surface area contributed by atoms with E-state index in [1.807, 2.05) is 67.8 Å². The first kappa shape index (κ1) is 19.7. The summed E-state index contributed by atoms with van der Waals surface area (Å²) in [4.78, 5) is 25.9. The van der Waals surface area contributed by atoms with Crippen LogP contribution in [0, 0.1) is 13.8 Å². The summed E-state index contributed by atoms with van der Waals surface area (Å²) in [6.07, 6.45) is 0. The van der Waals surface area contributed by atoms with Crippen LogP contribution >= 0.6 is 11.3 Å². The molecule has 0 aliphatic rings. The van der Waals surface area contributed by atoms with Crippen LogP contribution in [-0.2, 0) is 6.54 Å². The minimum absolute atomic E-state index is 0.145. The lowest BCUT2D eigenvalue weighted by molar-refractivity contribution is 0.0950. The van der Waals surface area contributed by atoms with Crippen molar-refractivity contribution in [3.63, 3.8) is 0 Å². The van der Waals surface area contributed by atoms with Crippen LogP contribution in [0.1, 0.15) is 26.9 Å². The van der Waals surface area contributed by atoms with Crippen LogP contribution in [0.15, 0.2) is 66.0 Å². The van der Waals surface area contributed by atoms with Crippen molar-refractivity contribution in [2.45, 2.75) is 20.4 Å². The van der Waals surface area contributed by atoms with Crippen LogP contribution in [0.5, 0.6) is 0 Å². The minimum atomic E-state index is -0.145. The third-order valence-corrected chi connectivity index (χ3v) is 5.22. The molecular formula is C23H21N5OS. The molecule has 0 atom stereocenters. The van der Waals surface area contributed by atoms with Gasteiger partial charge in [-0.1, -0.05) is 36.4 Å². The molecule has 0 aliphatic heterocycles. The molecule has 0 unspecified atom stereocenters. The average molecular weight is 416 g/mol. The number of nitrogens with one attached hydrogen (secondary N) is 2. The lowest BCUT2D eigenvalue weighted by atomic mass is 10.1. The molecular weight excluding hydrogens is 394 g/mol. The number of benzene rings is 2. The van der Waals surface area contributed by atoms with Crippen LogP contribution in [0.3, 0.4) is 0 Å². The molecule has 150 valence electrons. The van der Waals surface area contributed by atoms with Gasteiger partial charge >= 0.3 is 0 Å². The highest BCUT2D eigenvalue weighted by Gasteiger charge is 2.09. The minimum Gasteiger partial charge on any atom is -0.346 e.